The normalized spacial score (nSPS) is 10.0. The monoisotopic (exact) mass is 243 g/mol. The molecule has 0 amide bonds. The van der Waals surface area contributed by atoms with Gasteiger partial charge in [0.2, 0.25) is 0 Å². The Morgan fingerprint density at radius 1 is 1.44 bits per heavy atom. The van der Waals surface area contributed by atoms with Crippen molar-refractivity contribution in [3.63, 3.8) is 0 Å². The predicted octanol–water partition coefficient (Wildman–Crippen LogP) is 1.05. The average molecular weight is 243 g/mol. The van der Waals surface area contributed by atoms with Crippen molar-refractivity contribution >= 4 is 22.6 Å². The molecule has 3 heteroatoms. The molecule has 0 aliphatic carbocycles. The zero-order chi connectivity index (χ0) is 6.95. The molecule has 0 aromatic carbocycles. The summed E-state index contributed by atoms with van der Waals surface area (Å²) in [5, 5.41) is 3.24. The van der Waals surface area contributed by atoms with E-state index in [1.54, 1.807) is 0 Å². The van der Waals surface area contributed by atoms with Gasteiger partial charge >= 0.3 is 0 Å². The Kier molecular flexibility index (Phi) is 9.27. The minimum atomic E-state index is 0.825. The zero-order valence-electron chi connectivity index (χ0n) is 5.82. The van der Waals surface area contributed by atoms with Crippen LogP contribution in [0.2, 0.25) is 0 Å². The number of halogens is 1. The summed E-state index contributed by atoms with van der Waals surface area (Å²) < 4.78 is 6.29. The first kappa shape index (κ1) is 9.65. The van der Waals surface area contributed by atoms with Crippen molar-refractivity contribution in [2.45, 2.75) is 6.92 Å². The lowest BCUT2D eigenvalue weighted by Gasteiger charge is -2.00. The SMILES string of the molecule is CCOCCNCCI. The molecule has 0 bridgehead atoms. The number of nitrogens with one attached hydrogen (secondary N) is 1. The molecule has 0 saturated heterocycles. The maximum atomic E-state index is 5.12. The second-order valence-corrected chi connectivity index (χ2v) is 2.71. The first-order valence-corrected chi connectivity index (χ1v) is 4.78. The first-order chi connectivity index (χ1) is 4.41. The third-order valence-electron chi connectivity index (χ3n) is 0.899. The fourth-order valence-electron chi connectivity index (χ4n) is 0.480. The number of hydrogen-bond acceptors (Lipinski definition) is 2. The molecule has 2 nitrogen and oxygen atoms in total. The summed E-state index contributed by atoms with van der Waals surface area (Å²) in [5.41, 5.74) is 0. The molecule has 0 unspecified atom stereocenters. The van der Waals surface area contributed by atoms with Crippen LogP contribution >= 0.6 is 22.6 Å². The van der Waals surface area contributed by atoms with E-state index in [0.29, 0.717) is 0 Å². The molecule has 0 aliphatic heterocycles. The molecule has 0 heterocycles. The first-order valence-electron chi connectivity index (χ1n) is 3.26. The highest BCUT2D eigenvalue weighted by Crippen LogP contribution is 1.76. The van der Waals surface area contributed by atoms with Gasteiger partial charge in [-0.15, -0.1) is 0 Å². The average Bonchev–Trinajstić information content (AvgIpc) is 1.89. The Labute approximate surface area is 70.5 Å². The molecular weight excluding hydrogens is 229 g/mol. The maximum absolute atomic E-state index is 5.12. The van der Waals surface area contributed by atoms with Crippen molar-refractivity contribution in [2.24, 2.45) is 0 Å². The fourth-order valence-corrected chi connectivity index (χ4v) is 0.862. The quantitative estimate of drug-likeness (QED) is 0.427. The van der Waals surface area contributed by atoms with E-state index in [1.165, 1.54) is 4.43 Å². The lowest BCUT2D eigenvalue weighted by Crippen LogP contribution is -2.21. The van der Waals surface area contributed by atoms with E-state index in [2.05, 4.69) is 27.9 Å². The molecule has 0 aromatic heterocycles. The van der Waals surface area contributed by atoms with Gasteiger partial charge in [0.15, 0.2) is 0 Å². The molecule has 0 aromatic rings. The van der Waals surface area contributed by atoms with Crippen molar-refractivity contribution < 1.29 is 4.74 Å². The van der Waals surface area contributed by atoms with E-state index in [1.807, 2.05) is 6.92 Å². The van der Waals surface area contributed by atoms with Crippen LogP contribution in [0.15, 0.2) is 0 Å². The van der Waals surface area contributed by atoms with E-state index >= 15 is 0 Å². The van der Waals surface area contributed by atoms with Crippen LogP contribution in [0.25, 0.3) is 0 Å². The fraction of sp³-hybridized carbons (Fsp3) is 1.00. The van der Waals surface area contributed by atoms with Crippen LogP contribution in [0.5, 0.6) is 0 Å². The van der Waals surface area contributed by atoms with Crippen molar-refractivity contribution in [1.82, 2.24) is 5.32 Å². The summed E-state index contributed by atoms with van der Waals surface area (Å²) in [6, 6.07) is 0. The highest BCUT2D eigenvalue weighted by Gasteiger charge is 1.83. The third-order valence-corrected chi connectivity index (χ3v) is 1.44. The molecule has 0 aliphatic rings. The number of ether oxygens (including phenoxy) is 1. The molecule has 0 atom stereocenters. The van der Waals surface area contributed by atoms with Gasteiger partial charge in [0.1, 0.15) is 0 Å². The van der Waals surface area contributed by atoms with Gasteiger partial charge in [-0.2, -0.15) is 0 Å². The predicted molar refractivity (Wildman–Crippen MR) is 48.2 cm³/mol. The minimum absolute atomic E-state index is 0.825. The van der Waals surface area contributed by atoms with E-state index in [0.717, 1.165) is 26.3 Å². The topological polar surface area (TPSA) is 21.3 Å². The van der Waals surface area contributed by atoms with Crippen LogP contribution in [0, 0.1) is 0 Å². The maximum Gasteiger partial charge on any atom is 0.0590 e. The van der Waals surface area contributed by atoms with E-state index < -0.39 is 0 Å². The van der Waals surface area contributed by atoms with Crippen molar-refractivity contribution in [1.29, 1.82) is 0 Å². The lowest BCUT2D eigenvalue weighted by atomic mass is 10.6. The molecule has 9 heavy (non-hydrogen) atoms. The molecule has 0 spiro atoms. The van der Waals surface area contributed by atoms with E-state index in [-0.39, 0.29) is 0 Å². The molecule has 56 valence electrons. The largest absolute Gasteiger partial charge is 0.380 e. The van der Waals surface area contributed by atoms with Crippen LogP contribution in [-0.4, -0.2) is 30.7 Å². The van der Waals surface area contributed by atoms with Gasteiger partial charge < -0.3 is 10.1 Å². The zero-order valence-corrected chi connectivity index (χ0v) is 7.98. The van der Waals surface area contributed by atoms with E-state index in [9.17, 15) is 0 Å². The number of alkyl halides is 1. The third kappa shape index (κ3) is 8.65. The molecule has 0 radical (unpaired) electrons. The highest BCUT2D eigenvalue weighted by atomic mass is 127. The lowest BCUT2D eigenvalue weighted by molar-refractivity contribution is 0.150. The van der Waals surface area contributed by atoms with Crippen LogP contribution < -0.4 is 5.32 Å². The Balaban J connectivity index is 2.60. The second kappa shape index (κ2) is 8.65. The van der Waals surface area contributed by atoms with Gasteiger partial charge in [0, 0.05) is 24.1 Å². The van der Waals surface area contributed by atoms with E-state index in [4.69, 9.17) is 4.74 Å². The standard InChI is InChI=1S/C6H14INO/c1-2-9-6-5-8-4-3-7/h8H,2-6H2,1H3. The van der Waals surface area contributed by atoms with Gasteiger partial charge in [-0.1, -0.05) is 22.6 Å². The highest BCUT2D eigenvalue weighted by molar-refractivity contribution is 14.1. The Hall–Kier alpha value is 0.650. The summed E-state index contributed by atoms with van der Waals surface area (Å²) >= 11 is 2.35. The van der Waals surface area contributed by atoms with Crippen molar-refractivity contribution in [2.75, 3.05) is 30.7 Å². The Morgan fingerprint density at radius 3 is 2.78 bits per heavy atom. The van der Waals surface area contributed by atoms with Crippen LogP contribution in [0.3, 0.4) is 0 Å². The smallest absolute Gasteiger partial charge is 0.0590 e. The molecule has 0 fully saturated rings. The van der Waals surface area contributed by atoms with Crippen LogP contribution in [0.4, 0.5) is 0 Å². The van der Waals surface area contributed by atoms with Crippen LogP contribution in [0.1, 0.15) is 6.92 Å². The second-order valence-electron chi connectivity index (χ2n) is 1.64. The van der Waals surface area contributed by atoms with Gasteiger partial charge in [0.05, 0.1) is 6.61 Å². The number of rotatable bonds is 6. The van der Waals surface area contributed by atoms with Crippen molar-refractivity contribution in [3.8, 4) is 0 Å². The van der Waals surface area contributed by atoms with Crippen molar-refractivity contribution in [3.05, 3.63) is 0 Å². The Morgan fingerprint density at radius 2 is 2.22 bits per heavy atom. The molecule has 0 rings (SSSR count). The van der Waals surface area contributed by atoms with Gasteiger partial charge in [-0.05, 0) is 6.92 Å². The summed E-state index contributed by atoms with van der Waals surface area (Å²) in [7, 11) is 0. The van der Waals surface area contributed by atoms with Crippen LogP contribution in [-0.2, 0) is 4.74 Å². The molecule has 0 saturated carbocycles. The summed E-state index contributed by atoms with van der Waals surface area (Å²) in [6.45, 7) is 5.75. The summed E-state index contributed by atoms with van der Waals surface area (Å²) in [4.78, 5) is 0. The van der Waals surface area contributed by atoms with Gasteiger partial charge in [0.25, 0.3) is 0 Å². The summed E-state index contributed by atoms with van der Waals surface area (Å²) in [5.74, 6) is 0. The van der Waals surface area contributed by atoms with Gasteiger partial charge in [-0.3, -0.25) is 0 Å². The molecular formula is C6H14INO. The Bertz CT molecular complexity index is 46.3. The minimum Gasteiger partial charge on any atom is -0.380 e. The van der Waals surface area contributed by atoms with Gasteiger partial charge in [-0.25, -0.2) is 0 Å². The summed E-state index contributed by atoms with van der Waals surface area (Å²) in [6.07, 6.45) is 0. The molecule has 1 N–H and O–H groups in total. The number of hydrogen-bond donors (Lipinski definition) is 1.